The van der Waals surface area contributed by atoms with Gasteiger partial charge in [-0.25, -0.2) is 14.4 Å². The first kappa shape index (κ1) is 33.8. The number of aromatic amines is 1. The van der Waals surface area contributed by atoms with Crippen LogP contribution in [-0.4, -0.2) is 113 Å². The molecule has 13 heteroatoms. The van der Waals surface area contributed by atoms with E-state index < -0.39 is 6.17 Å². The molecule has 0 spiro atoms. The number of fused-ring (bicyclic) bond motifs is 1. The highest BCUT2D eigenvalue weighted by molar-refractivity contribution is 6.03. The fourth-order valence-corrected chi connectivity index (χ4v) is 7.03. The Morgan fingerprint density at radius 3 is 2.62 bits per heavy atom. The average molecular weight is 682 g/mol. The van der Waals surface area contributed by atoms with E-state index in [1.54, 1.807) is 18.6 Å². The number of alkyl halides is 1. The van der Waals surface area contributed by atoms with Gasteiger partial charge in [0, 0.05) is 69.0 Å². The first-order valence-electron chi connectivity index (χ1n) is 17.6. The van der Waals surface area contributed by atoms with E-state index >= 15 is 0 Å². The van der Waals surface area contributed by atoms with Crippen LogP contribution >= 0.6 is 0 Å². The van der Waals surface area contributed by atoms with E-state index in [1.807, 2.05) is 47.4 Å². The lowest BCUT2D eigenvalue weighted by atomic mass is 10.0. The van der Waals surface area contributed by atoms with Gasteiger partial charge < -0.3 is 25.3 Å². The number of nitrogens with one attached hydrogen (secondary N) is 3. The third-order valence-corrected chi connectivity index (χ3v) is 9.56. The van der Waals surface area contributed by atoms with Crippen LogP contribution in [0.5, 0.6) is 0 Å². The fraction of sp³-hybridized carbons (Fsp3) is 0.432. The number of amides is 2. The molecule has 3 N–H and O–H groups in total. The molecule has 0 aliphatic carbocycles. The van der Waals surface area contributed by atoms with Crippen LogP contribution < -0.4 is 15.5 Å². The van der Waals surface area contributed by atoms with Gasteiger partial charge in [-0.1, -0.05) is 18.2 Å². The van der Waals surface area contributed by atoms with Crippen LogP contribution in [0.25, 0.3) is 22.3 Å². The molecular formula is C37H44FN9O3. The molecule has 0 radical (unpaired) electrons. The van der Waals surface area contributed by atoms with E-state index in [-0.39, 0.29) is 17.9 Å². The number of hydrogen-bond acceptors (Lipinski definition) is 9. The van der Waals surface area contributed by atoms with E-state index in [9.17, 15) is 14.0 Å². The maximum atomic E-state index is 13.6. The zero-order chi connectivity index (χ0) is 34.3. The van der Waals surface area contributed by atoms with Gasteiger partial charge in [0.05, 0.1) is 18.6 Å². The first-order chi connectivity index (χ1) is 24.5. The van der Waals surface area contributed by atoms with Gasteiger partial charge in [-0.3, -0.25) is 24.4 Å². The quantitative estimate of drug-likeness (QED) is 0.211. The van der Waals surface area contributed by atoms with Crippen molar-refractivity contribution < 1.29 is 18.7 Å². The SMILES string of the molecule is O=C(/C=C/CN1CCC[C@H](F)C1)N[C@@H]1CCCN(Cc2ccnc(C(=O)Nc3ccc(-c4cc5c(N6CCOCC6)ncnc5[nH]4)cc3)c2)C1. The van der Waals surface area contributed by atoms with Crippen LogP contribution in [0.4, 0.5) is 15.9 Å². The summed E-state index contributed by atoms with van der Waals surface area (Å²) in [6.45, 7) is 7.13. The molecule has 262 valence electrons. The molecule has 7 rings (SSSR count). The van der Waals surface area contributed by atoms with Gasteiger partial charge in [0.25, 0.3) is 5.91 Å². The number of H-pyrrole nitrogens is 1. The lowest BCUT2D eigenvalue weighted by Crippen LogP contribution is -2.47. The zero-order valence-electron chi connectivity index (χ0n) is 28.2. The van der Waals surface area contributed by atoms with Gasteiger partial charge in [-0.05, 0) is 80.2 Å². The minimum Gasteiger partial charge on any atom is -0.378 e. The van der Waals surface area contributed by atoms with Gasteiger partial charge in [0.2, 0.25) is 5.91 Å². The Kier molecular flexibility index (Phi) is 10.7. The zero-order valence-corrected chi connectivity index (χ0v) is 28.2. The van der Waals surface area contributed by atoms with Gasteiger partial charge >= 0.3 is 0 Å². The molecule has 0 bridgehead atoms. The van der Waals surface area contributed by atoms with Crippen molar-refractivity contribution in [2.24, 2.45) is 0 Å². The van der Waals surface area contributed by atoms with E-state index in [1.165, 1.54) is 0 Å². The number of likely N-dealkylation sites (tertiary alicyclic amines) is 2. The molecule has 4 aromatic rings. The van der Waals surface area contributed by atoms with Crippen molar-refractivity contribution in [3.05, 3.63) is 78.4 Å². The molecule has 3 saturated heterocycles. The van der Waals surface area contributed by atoms with Crippen LogP contribution in [0.1, 0.15) is 41.7 Å². The van der Waals surface area contributed by atoms with Crippen molar-refractivity contribution in [1.29, 1.82) is 0 Å². The lowest BCUT2D eigenvalue weighted by Gasteiger charge is -2.33. The highest BCUT2D eigenvalue weighted by atomic mass is 19.1. The predicted octanol–water partition coefficient (Wildman–Crippen LogP) is 4.18. The topological polar surface area (TPSA) is 132 Å². The first-order valence-corrected chi connectivity index (χ1v) is 17.6. The molecule has 0 saturated carbocycles. The van der Waals surface area contributed by atoms with E-state index in [0.717, 1.165) is 85.7 Å². The number of nitrogens with zero attached hydrogens (tertiary/aromatic N) is 6. The van der Waals surface area contributed by atoms with Crippen LogP contribution in [0, 0.1) is 0 Å². The third-order valence-electron chi connectivity index (χ3n) is 9.56. The van der Waals surface area contributed by atoms with Crippen molar-refractivity contribution in [3.8, 4) is 11.3 Å². The molecule has 50 heavy (non-hydrogen) atoms. The summed E-state index contributed by atoms with van der Waals surface area (Å²) in [5.41, 5.74) is 4.66. The van der Waals surface area contributed by atoms with Crippen molar-refractivity contribution in [2.75, 3.05) is 69.2 Å². The number of morpholine rings is 1. The van der Waals surface area contributed by atoms with Crippen LogP contribution in [-0.2, 0) is 16.1 Å². The second-order valence-corrected chi connectivity index (χ2v) is 13.3. The minimum absolute atomic E-state index is 0.0443. The number of piperidine rings is 2. The summed E-state index contributed by atoms with van der Waals surface area (Å²) in [7, 11) is 0. The Bertz CT molecular complexity index is 1810. The fourth-order valence-electron chi connectivity index (χ4n) is 7.03. The number of ether oxygens (including phenoxy) is 1. The number of halogens is 1. The van der Waals surface area contributed by atoms with E-state index in [2.05, 4.69) is 46.4 Å². The molecule has 12 nitrogen and oxygen atoms in total. The smallest absolute Gasteiger partial charge is 0.274 e. The van der Waals surface area contributed by atoms with Crippen LogP contribution in [0.2, 0.25) is 0 Å². The lowest BCUT2D eigenvalue weighted by molar-refractivity contribution is -0.117. The van der Waals surface area contributed by atoms with Gasteiger partial charge in [-0.15, -0.1) is 0 Å². The standard InChI is InChI=1S/C37H44FN9O3/c38-28-4-1-13-45(23-28)14-3-6-34(48)42-30-5-2-15-46(24-30)22-26-11-12-39-33(20-26)37(49)43-29-9-7-27(8-10-29)32-21-31-35(44-32)40-25-41-36(31)47-16-18-50-19-17-47/h3,6-12,20-21,25,28,30H,1-2,4-5,13-19,22-24H2,(H,42,48)(H,43,49)(H,40,41,44)/b6-3+/t28-,30+/m0/s1. The monoisotopic (exact) mass is 681 g/mol. The molecular weight excluding hydrogens is 637 g/mol. The highest BCUT2D eigenvalue weighted by Gasteiger charge is 2.22. The Morgan fingerprint density at radius 2 is 1.78 bits per heavy atom. The summed E-state index contributed by atoms with van der Waals surface area (Å²) in [6.07, 6.45) is 9.25. The summed E-state index contributed by atoms with van der Waals surface area (Å²) in [6, 6.07) is 13.5. The van der Waals surface area contributed by atoms with Crippen molar-refractivity contribution in [1.82, 2.24) is 35.1 Å². The number of hydrogen-bond donors (Lipinski definition) is 3. The molecule has 0 unspecified atom stereocenters. The average Bonchev–Trinajstić information content (AvgIpc) is 3.57. The summed E-state index contributed by atoms with van der Waals surface area (Å²) in [5, 5.41) is 7.06. The molecule has 3 aliphatic rings. The van der Waals surface area contributed by atoms with Gasteiger partial charge in [0.15, 0.2) is 0 Å². The van der Waals surface area contributed by atoms with Crippen LogP contribution in [0.3, 0.4) is 0 Å². The molecule has 3 aromatic heterocycles. The Morgan fingerprint density at radius 1 is 0.960 bits per heavy atom. The van der Waals surface area contributed by atoms with Gasteiger partial charge in [0.1, 0.15) is 29.7 Å². The maximum Gasteiger partial charge on any atom is 0.274 e. The minimum atomic E-state index is -0.771. The number of pyridine rings is 1. The second kappa shape index (κ2) is 15.9. The van der Waals surface area contributed by atoms with Gasteiger partial charge in [-0.2, -0.15) is 0 Å². The molecule has 3 aliphatic heterocycles. The summed E-state index contributed by atoms with van der Waals surface area (Å²) >= 11 is 0. The Labute approximate surface area is 291 Å². The largest absolute Gasteiger partial charge is 0.378 e. The summed E-state index contributed by atoms with van der Waals surface area (Å²) in [4.78, 5) is 49.1. The third kappa shape index (κ3) is 8.52. The number of anilines is 2. The molecule has 3 fully saturated rings. The van der Waals surface area contributed by atoms with Crippen LogP contribution in [0.15, 0.2) is 67.1 Å². The Balaban J connectivity index is 0.915. The van der Waals surface area contributed by atoms with Crippen molar-refractivity contribution in [3.63, 3.8) is 0 Å². The van der Waals surface area contributed by atoms with Crippen molar-refractivity contribution >= 4 is 34.4 Å². The molecule has 2 atom stereocenters. The molecule has 1 aromatic carbocycles. The van der Waals surface area contributed by atoms with E-state index in [4.69, 9.17) is 4.74 Å². The second-order valence-electron chi connectivity index (χ2n) is 13.3. The number of carbonyl (C=O) groups excluding carboxylic acids is 2. The number of carbonyl (C=O) groups is 2. The maximum absolute atomic E-state index is 13.6. The number of aromatic nitrogens is 4. The normalized spacial score (nSPS) is 20.7. The number of benzene rings is 1. The Hall–Kier alpha value is -4.72. The molecule has 6 heterocycles. The highest BCUT2D eigenvalue weighted by Crippen LogP contribution is 2.30. The number of rotatable bonds is 10. The predicted molar refractivity (Wildman–Crippen MR) is 191 cm³/mol. The summed E-state index contributed by atoms with van der Waals surface area (Å²) in [5.74, 6) is 0.505. The molecule has 2 amide bonds. The summed E-state index contributed by atoms with van der Waals surface area (Å²) < 4.78 is 19.1. The van der Waals surface area contributed by atoms with Crippen molar-refractivity contribution in [2.45, 2.75) is 44.4 Å². The van der Waals surface area contributed by atoms with E-state index in [0.29, 0.717) is 50.7 Å².